The second kappa shape index (κ2) is 3.27. The van der Waals surface area contributed by atoms with Crippen LogP contribution in [0.2, 0.25) is 0 Å². The molecular weight excluding hydrogens is 224 g/mol. The van der Waals surface area contributed by atoms with Crippen LogP contribution < -0.4 is 4.74 Å². The van der Waals surface area contributed by atoms with Gasteiger partial charge in [0.1, 0.15) is 5.75 Å². The molecule has 0 fully saturated rings. The monoisotopic (exact) mass is 240 g/mol. The summed E-state index contributed by atoms with van der Waals surface area (Å²) in [7, 11) is 1.73. The van der Waals surface area contributed by atoms with Crippen LogP contribution in [-0.2, 0) is 23.2 Å². The van der Waals surface area contributed by atoms with E-state index >= 15 is 0 Å². The molecule has 1 aliphatic carbocycles. The smallest absolute Gasteiger partial charge is 0.119 e. The quantitative estimate of drug-likeness (QED) is 0.762. The van der Waals surface area contributed by atoms with E-state index in [1.165, 1.54) is 27.5 Å². The highest BCUT2D eigenvalue weighted by Gasteiger charge is 2.40. The molecule has 1 atom stereocenters. The van der Waals surface area contributed by atoms with Gasteiger partial charge in [-0.2, -0.15) is 0 Å². The van der Waals surface area contributed by atoms with Gasteiger partial charge in [-0.15, -0.1) is 0 Å². The Morgan fingerprint density at radius 1 is 1.22 bits per heavy atom. The van der Waals surface area contributed by atoms with E-state index in [0.29, 0.717) is 0 Å². The third kappa shape index (κ3) is 1.16. The molecule has 0 amide bonds. The average molecular weight is 240 g/mol. The minimum absolute atomic E-state index is 0.155. The fourth-order valence-corrected chi connectivity index (χ4v) is 3.65. The van der Waals surface area contributed by atoms with Gasteiger partial charge in [0.2, 0.25) is 0 Å². The first-order valence-electron chi connectivity index (χ1n) is 6.42. The van der Waals surface area contributed by atoms with Gasteiger partial charge in [0, 0.05) is 5.41 Å². The van der Waals surface area contributed by atoms with Crippen LogP contribution in [0.3, 0.4) is 0 Å². The topological polar surface area (TPSA) is 18.5 Å². The molecule has 1 unspecified atom stereocenters. The molecule has 1 aliphatic heterocycles. The summed E-state index contributed by atoms with van der Waals surface area (Å²) in [5, 5.41) is 2.74. The highest BCUT2D eigenvalue weighted by Crippen LogP contribution is 2.47. The molecule has 2 heteroatoms. The summed E-state index contributed by atoms with van der Waals surface area (Å²) in [6.07, 6.45) is 1.06. The largest absolute Gasteiger partial charge is 0.497 e. The Morgan fingerprint density at radius 2 is 2.11 bits per heavy atom. The van der Waals surface area contributed by atoms with Crippen LogP contribution in [0.15, 0.2) is 24.3 Å². The van der Waals surface area contributed by atoms with E-state index < -0.39 is 0 Å². The average Bonchev–Trinajstić information content (AvgIpc) is 2.68. The van der Waals surface area contributed by atoms with Crippen LogP contribution in [0.25, 0.3) is 10.8 Å². The van der Waals surface area contributed by atoms with Crippen LogP contribution in [0, 0.1) is 0 Å². The number of hydrogen-bond acceptors (Lipinski definition) is 2. The van der Waals surface area contributed by atoms with Crippen molar-refractivity contribution >= 4 is 10.8 Å². The number of benzene rings is 2. The van der Waals surface area contributed by atoms with Gasteiger partial charge in [-0.1, -0.05) is 19.1 Å². The molecule has 0 spiro atoms. The molecule has 0 radical (unpaired) electrons. The van der Waals surface area contributed by atoms with Gasteiger partial charge in [0.15, 0.2) is 0 Å². The van der Waals surface area contributed by atoms with Crippen molar-refractivity contribution in [3.63, 3.8) is 0 Å². The Kier molecular flexibility index (Phi) is 1.89. The second-order valence-corrected chi connectivity index (χ2v) is 5.71. The van der Waals surface area contributed by atoms with E-state index in [-0.39, 0.29) is 5.41 Å². The van der Waals surface area contributed by atoms with Gasteiger partial charge >= 0.3 is 0 Å². The van der Waals surface area contributed by atoms with Crippen molar-refractivity contribution in [3.05, 3.63) is 41.0 Å². The third-order valence-electron chi connectivity index (χ3n) is 4.36. The fraction of sp³-hybridized carbons (Fsp3) is 0.375. The third-order valence-corrected chi connectivity index (χ3v) is 4.36. The Morgan fingerprint density at radius 3 is 2.94 bits per heavy atom. The molecule has 0 aromatic heterocycles. The number of hydrogen-bond donors (Lipinski definition) is 0. The number of ether oxygens (including phenoxy) is 2. The maximum atomic E-state index is 5.77. The Balaban J connectivity index is 2.12. The number of methoxy groups -OCH3 is 1. The van der Waals surface area contributed by atoms with Crippen LogP contribution in [0.5, 0.6) is 5.75 Å². The molecule has 2 aromatic carbocycles. The molecule has 0 bridgehead atoms. The van der Waals surface area contributed by atoms with Crippen molar-refractivity contribution in [2.45, 2.75) is 25.4 Å². The van der Waals surface area contributed by atoms with E-state index in [1.54, 1.807) is 7.11 Å². The maximum Gasteiger partial charge on any atom is 0.119 e. The van der Waals surface area contributed by atoms with E-state index in [4.69, 9.17) is 9.47 Å². The molecule has 18 heavy (non-hydrogen) atoms. The lowest BCUT2D eigenvalue weighted by Crippen LogP contribution is -2.32. The standard InChI is InChI=1S/C16H16O2/c1-16-7-12-6-13(17-2)5-10-3-4-11(8-18-9-16)15(16)14(10)12/h3-6H,7-9H2,1-2H3. The Bertz CT molecular complexity index is 660. The van der Waals surface area contributed by atoms with E-state index in [0.717, 1.165) is 25.4 Å². The summed E-state index contributed by atoms with van der Waals surface area (Å²) >= 11 is 0. The zero-order chi connectivity index (χ0) is 12.3. The molecule has 0 saturated heterocycles. The highest BCUT2D eigenvalue weighted by molar-refractivity contribution is 5.94. The molecule has 4 rings (SSSR count). The SMILES string of the molecule is COc1cc2c3c4c(ccc3c1)COCC4(C)C2. The lowest BCUT2D eigenvalue weighted by atomic mass is 9.80. The molecule has 2 nitrogen and oxygen atoms in total. The fourth-order valence-electron chi connectivity index (χ4n) is 3.65. The summed E-state index contributed by atoms with van der Waals surface area (Å²) in [4.78, 5) is 0. The predicted molar refractivity (Wildman–Crippen MR) is 71.2 cm³/mol. The lowest BCUT2D eigenvalue weighted by Gasteiger charge is -2.32. The van der Waals surface area contributed by atoms with Gasteiger partial charge in [0.05, 0.1) is 20.3 Å². The minimum Gasteiger partial charge on any atom is -0.497 e. The van der Waals surface area contributed by atoms with Crippen LogP contribution in [-0.4, -0.2) is 13.7 Å². The molecular formula is C16H16O2. The molecule has 2 aromatic rings. The first kappa shape index (κ1) is 10.4. The van der Waals surface area contributed by atoms with Crippen molar-refractivity contribution in [2.75, 3.05) is 13.7 Å². The van der Waals surface area contributed by atoms with Gasteiger partial charge < -0.3 is 9.47 Å². The van der Waals surface area contributed by atoms with Gasteiger partial charge in [0.25, 0.3) is 0 Å². The van der Waals surface area contributed by atoms with Gasteiger partial charge in [-0.05, 0) is 46.0 Å². The molecule has 1 heterocycles. The molecule has 92 valence electrons. The predicted octanol–water partition coefficient (Wildman–Crippen LogP) is 3.19. The van der Waals surface area contributed by atoms with Crippen LogP contribution in [0.1, 0.15) is 23.6 Å². The van der Waals surface area contributed by atoms with Gasteiger partial charge in [-0.25, -0.2) is 0 Å². The van der Waals surface area contributed by atoms with Crippen molar-refractivity contribution < 1.29 is 9.47 Å². The van der Waals surface area contributed by atoms with E-state index in [1.807, 2.05) is 0 Å². The number of rotatable bonds is 1. The lowest BCUT2D eigenvalue weighted by molar-refractivity contribution is 0.0607. The minimum atomic E-state index is 0.155. The van der Waals surface area contributed by atoms with Crippen LogP contribution >= 0.6 is 0 Å². The zero-order valence-corrected chi connectivity index (χ0v) is 10.7. The Hall–Kier alpha value is -1.54. The summed E-state index contributed by atoms with van der Waals surface area (Å²) in [6, 6.07) is 8.73. The first-order chi connectivity index (χ1) is 8.71. The Labute approximate surface area is 107 Å². The van der Waals surface area contributed by atoms with E-state index in [9.17, 15) is 0 Å². The van der Waals surface area contributed by atoms with E-state index in [2.05, 4.69) is 31.2 Å². The highest BCUT2D eigenvalue weighted by atomic mass is 16.5. The van der Waals surface area contributed by atoms with Crippen molar-refractivity contribution in [3.8, 4) is 5.75 Å². The summed E-state index contributed by atoms with van der Waals surface area (Å²) < 4.78 is 11.2. The molecule has 0 N–H and O–H groups in total. The second-order valence-electron chi connectivity index (χ2n) is 5.71. The normalized spacial score (nSPS) is 24.6. The van der Waals surface area contributed by atoms with Crippen LogP contribution in [0.4, 0.5) is 0 Å². The maximum absolute atomic E-state index is 5.77. The van der Waals surface area contributed by atoms with Gasteiger partial charge in [-0.3, -0.25) is 0 Å². The van der Waals surface area contributed by atoms with Crippen molar-refractivity contribution in [1.82, 2.24) is 0 Å². The van der Waals surface area contributed by atoms with Crippen molar-refractivity contribution in [1.29, 1.82) is 0 Å². The summed E-state index contributed by atoms with van der Waals surface area (Å²) in [5.41, 5.74) is 4.44. The first-order valence-corrected chi connectivity index (χ1v) is 6.42. The summed E-state index contributed by atoms with van der Waals surface area (Å²) in [5.74, 6) is 0.959. The molecule has 0 saturated carbocycles. The zero-order valence-electron chi connectivity index (χ0n) is 10.7. The summed E-state index contributed by atoms with van der Waals surface area (Å²) in [6.45, 7) is 3.90. The molecule has 2 aliphatic rings. The van der Waals surface area contributed by atoms with Crippen molar-refractivity contribution in [2.24, 2.45) is 0 Å².